The lowest BCUT2D eigenvalue weighted by Crippen LogP contribution is -2.26. The van der Waals surface area contributed by atoms with Crippen molar-refractivity contribution in [3.63, 3.8) is 0 Å². The van der Waals surface area contributed by atoms with Gasteiger partial charge in [-0.05, 0) is 130 Å². The van der Waals surface area contributed by atoms with Gasteiger partial charge in [0.15, 0.2) is 36.3 Å². The molecule has 3 amide bonds. The van der Waals surface area contributed by atoms with Crippen LogP contribution in [-0.4, -0.2) is 94.1 Å². The Morgan fingerprint density at radius 1 is 0.541 bits per heavy atom. The van der Waals surface area contributed by atoms with Gasteiger partial charge in [-0.1, -0.05) is 127 Å². The summed E-state index contributed by atoms with van der Waals surface area (Å²) in [5, 5.41) is 29.1. The standard InChI is InChI=1S/C30H23F3N4O3.C26H20F3N5O3.C24H18F3N3O4/c31-30(32,33)24-16-26-25(15-23(24)20-10-5-2-6-11-20)36-28(37-26)35-22-13-7-12-21(14-22)27(38)18-40-29(39)34-17-19-8-3-1-4-9-19;1-34(24-32-21-11-18(13-30)20(26(27,28)29)12-22(21)33-24)19-9-5-8-17(10-19)23(35)15-37-25(36)31-14-16-6-3-2-4-7-16;25-24(26,27)18-12-19-15(9-17(18)13-4-5-20-21(10-13)34-7-6-33-20)11-22(29-19)28-16-3-1-2-14(8-16)23(31)30-32/h1-16H,17-18H2,(H,34,39)(H2,35,36,37);2-12H,14-15H2,1H3,(H,31,36)(H,32,33);1-5,8-10,12,32H,6-7,11H2,(H,28,29)(H,30,31). The Bertz CT molecular complexity index is 5540. The minimum Gasteiger partial charge on any atom is -0.486 e. The molecule has 564 valence electrons. The number of fused-ring (bicyclic) bond motifs is 4. The number of hydrogen-bond donors (Lipinski definition) is 8. The SMILES string of the molecule is CN(c1cccc(C(=O)COC(=O)NCc2ccccc2)c1)c1nc2cc(C#N)c(C(F)(F)F)cc2[nH]1.O=C(NCc1ccccc1)OCC(=O)c1cccc(Nc2nc3cc(-c4ccccc4)c(C(F)(F)F)cc3[nH]2)c1.O=C(NO)c1cccc(NC2=Nc3cc(C(F)(F)F)c(-c4ccc5c(c4)OCCO5)cc3C2)c1. The summed E-state index contributed by atoms with van der Waals surface area (Å²) in [5.41, 5.74) is 4.96. The monoisotopic (exact) mass is 1520 g/mol. The van der Waals surface area contributed by atoms with E-state index < -0.39 is 83.7 Å². The number of carbonyl (C=O) groups excluding carboxylic acids is 5. The summed E-state index contributed by atoms with van der Waals surface area (Å²) in [5.74, 6) is 0.199. The third-order valence-corrected chi connectivity index (χ3v) is 17.1. The van der Waals surface area contributed by atoms with E-state index >= 15 is 0 Å². The minimum atomic E-state index is -4.69. The summed E-state index contributed by atoms with van der Waals surface area (Å²) in [7, 11) is 1.62. The molecule has 10 aromatic carbocycles. The number of imidazole rings is 2. The van der Waals surface area contributed by atoms with E-state index in [2.05, 4.69) is 46.2 Å². The predicted molar refractivity (Wildman–Crippen MR) is 392 cm³/mol. The van der Waals surface area contributed by atoms with Crippen LogP contribution in [0, 0.1) is 11.3 Å². The van der Waals surface area contributed by atoms with Crippen LogP contribution in [0.1, 0.15) is 70.0 Å². The fraction of sp³-hybridized carbons (Fsp3) is 0.138. The van der Waals surface area contributed by atoms with Crippen LogP contribution in [0.25, 0.3) is 44.3 Å². The molecule has 0 saturated carbocycles. The van der Waals surface area contributed by atoms with Gasteiger partial charge in [-0.15, -0.1) is 0 Å². The number of hydrogen-bond acceptors (Lipinski definition) is 17. The molecule has 111 heavy (non-hydrogen) atoms. The van der Waals surface area contributed by atoms with Gasteiger partial charge in [-0.25, -0.2) is 30.0 Å². The molecule has 0 saturated heterocycles. The third-order valence-electron chi connectivity index (χ3n) is 17.1. The Hall–Kier alpha value is -14.0. The van der Waals surface area contributed by atoms with Crippen molar-refractivity contribution in [1.82, 2.24) is 36.0 Å². The van der Waals surface area contributed by atoms with Crippen molar-refractivity contribution in [3.05, 3.63) is 274 Å². The maximum atomic E-state index is 14.0. The highest BCUT2D eigenvalue weighted by Crippen LogP contribution is 2.46. The van der Waals surface area contributed by atoms with Gasteiger partial charge in [-0.3, -0.25) is 19.6 Å². The van der Waals surface area contributed by atoms with Gasteiger partial charge in [0, 0.05) is 60.3 Å². The molecule has 0 bridgehead atoms. The topological polar surface area (TPSA) is 299 Å². The highest BCUT2D eigenvalue weighted by molar-refractivity contribution is 6.04. The number of amides is 3. The molecule has 31 heteroatoms. The number of benzene rings is 10. The number of H-pyrrole nitrogens is 2. The number of halogens is 9. The Morgan fingerprint density at radius 3 is 1.68 bits per heavy atom. The zero-order valence-electron chi connectivity index (χ0n) is 58.0. The lowest BCUT2D eigenvalue weighted by atomic mass is 9.95. The number of ketones is 2. The van der Waals surface area contributed by atoms with Crippen molar-refractivity contribution >= 4 is 92.2 Å². The third kappa shape index (κ3) is 19.2. The van der Waals surface area contributed by atoms with Crippen LogP contribution in [0.2, 0.25) is 0 Å². The number of carbonyl (C=O) groups is 5. The maximum Gasteiger partial charge on any atom is 0.417 e. The normalized spacial score (nSPS) is 12.1. The van der Waals surface area contributed by atoms with E-state index in [1.165, 1.54) is 30.3 Å². The molecule has 4 heterocycles. The number of hydroxylamine groups is 1. The van der Waals surface area contributed by atoms with Gasteiger partial charge >= 0.3 is 30.7 Å². The van der Waals surface area contributed by atoms with E-state index in [0.29, 0.717) is 69.8 Å². The number of nitriles is 1. The molecule has 12 aromatic rings. The van der Waals surface area contributed by atoms with Crippen LogP contribution in [0.3, 0.4) is 0 Å². The molecular formula is C80H61F9N12O10. The number of alkyl halides is 9. The molecule has 0 fully saturated rings. The fourth-order valence-electron chi connectivity index (χ4n) is 11.7. The molecule has 0 radical (unpaired) electrons. The molecular weight excluding hydrogens is 1460 g/mol. The highest BCUT2D eigenvalue weighted by atomic mass is 19.4. The van der Waals surface area contributed by atoms with Crippen LogP contribution in [0.5, 0.6) is 11.5 Å². The number of Topliss-reactive ketones (excluding diaryl/α,β-unsaturated/α-hetero) is 2. The van der Waals surface area contributed by atoms with E-state index in [1.807, 2.05) is 60.7 Å². The van der Waals surface area contributed by atoms with Crippen LogP contribution >= 0.6 is 0 Å². The zero-order chi connectivity index (χ0) is 78.6. The summed E-state index contributed by atoms with van der Waals surface area (Å²) >= 11 is 0. The first-order chi connectivity index (χ1) is 53.2. The molecule has 0 aliphatic carbocycles. The van der Waals surface area contributed by atoms with Crippen LogP contribution in [0.4, 0.5) is 83.7 Å². The van der Waals surface area contributed by atoms with Crippen molar-refractivity contribution in [3.8, 4) is 39.8 Å². The molecule has 0 spiro atoms. The first-order valence-corrected chi connectivity index (χ1v) is 33.6. The first kappa shape index (κ1) is 76.6. The average Bonchev–Trinajstić information content (AvgIpc) is 1.76. The van der Waals surface area contributed by atoms with Gasteiger partial charge in [0.2, 0.25) is 11.9 Å². The van der Waals surface area contributed by atoms with Crippen LogP contribution in [-0.2, 0) is 47.5 Å². The maximum absolute atomic E-state index is 14.0. The number of anilines is 5. The lowest BCUT2D eigenvalue weighted by molar-refractivity contribution is -0.138. The largest absolute Gasteiger partial charge is 0.486 e. The number of nitrogens with one attached hydrogen (secondary N) is 7. The average molecular weight is 1520 g/mol. The summed E-state index contributed by atoms with van der Waals surface area (Å²) in [6.45, 7) is 0.303. The van der Waals surface area contributed by atoms with Crippen molar-refractivity contribution in [1.29, 1.82) is 5.26 Å². The van der Waals surface area contributed by atoms with Crippen molar-refractivity contribution in [2.45, 2.75) is 38.0 Å². The molecule has 2 aliphatic rings. The smallest absolute Gasteiger partial charge is 0.417 e. The molecule has 0 atom stereocenters. The lowest BCUT2D eigenvalue weighted by Gasteiger charge is -2.20. The number of rotatable bonds is 18. The molecule has 22 nitrogen and oxygen atoms in total. The number of nitrogens with zero attached hydrogens (tertiary/aromatic N) is 5. The number of ether oxygens (including phenoxy) is 4. The van der Waals surface area contributed by atoms with E-state index in [4.69, 9.17) is 29.4 Å². The van der Waals surface area contributed by atoms with Crippen LogP contribution in [0.15, 0.2) is 223 Å². The Balaban J connectivity index is 0.000000155. The molecule has 8 N–H and O–H groups in total. The second-order valence-corrected chi connectivity index (χ2v) is 24.7. The number of aromatic nitrogens is 4. The van der Waals surface area contributed by atoms with Gasteiger partial charge in [-0.2, -0.15) is 44.8 Å². The van der Waals surface area contributed by atoms with E-state index in [-0.39, 0.29) is 81.5 Å². The second kappa shape index (κ2) is 33.4. The fourth-order valence-corrected chi connectivity index (χ4v) is 11.7. The highest BCUT2D eigenvalue weighted by Gasteiger charge is 2.38. The van der Waals surface area contributed by atoms with Crippen molar-refractivity contribution in [2.75, 3.05) is 49.0 Å². The summed E-state index contributed by atoms with van der Waals surface area (Å²) in [6, 6.07) is 59.1. The Labute approximate surface area is 624 Å². The minimum absolute atomic E-state index is 0.0269. The molecule has 2 aliphatic heterocycles. The number of aromatic amines is 2. The molecule has 2 aromatic heterocycles. The second-order valence-electron chi connectivity index (χ2n) is 24.7. The summed E-state index contributed by atoms with van der Waals surface area (Å²) < 4.78 is 144. The number of aliphatic imine (C=N–C) groups is 1. The van der Waals surface area contributed by atoms with Gasteiger partial charge < -0.3 is 55.1 Å². The summed E-state index contributed by atoms with van der Waals surface area (Å²) in [6.07, 6.45) is -15.0. The molecule has 14 rings (SSSR count). The van der Waals surface area contributed by atoms with E-state index in [0.717, 1.165) is 35.4 Å². The Morgan fingerprint density at radius 2 is 1.07 bits per heavy atom. The van der Waals surface area contributed by atoms with E-state index in [1.54, 1.807) is 127 Å². The van der Waals surface area contributed by atoms with E-state index in [9.17, 15) is 63.5 Å². The summed E-state index contributed by atoms with van der Waals surface area (Å²) in [4.78, 5) is 81.0. The number of amidine groups is 1. The van der Waals surface area contributed by atoms with Gasteiger partial charge in [0.1, 0.15) is 19.0 Å². The number of alkyl carbamates (subject to hydrolysis) is 2. The van der Waals surface area contributed by atoms with Gasteiger partial charge in [0.05, 0.1) is 56.1 Å². The zero-order valence-corrected chi connectivity index (χ0v) is 58.0. The predicted octanol–water partition coefficient (Wildman–Crippen LogP) is 17.4. The van der Waals surface area contributed by atoms with Gasteiger partial charge in [0.25, 0.3) is 5.91 Å². The first-order valence-electron chi connectivity index (χ1n) is 33.6. The van der Waals surface area contributed by atoms with Crippen molar-refractivity contribution < 1.29 is 87.6 Å². The molecule has 0 unspecified atom stereocenters. The quantitative estimate of drug-likeness (QED) is 0.0171. The van der Waals surface area contributed by atoms with Crippen LogP contribution < -0.4 is 41.1 Å². The Kier molecular flexibility index (Phi) is 23.1. The van der Waals surface area contributed by atoms with Crippen molar-refractivity contribution in [2.24, 2.45) is 4.99 Å².